The average Bonchev–Trinajstić information content (AvgIpc) is 3.18. The Morgan fingerprint density at radius 1 is 1.19 bits per heavy atom. The van der Waals surface area contributed by atoms with E-state index in [1.54, 1.807) is 12.5 Å². The van der Waals surface area contributed by atoms with Crippen molar-refractivity contribution in [3.63, 3.8) is 0 Å². The third-order valence-electron chi connectivity index (χ3n) is 4.12. The minimum atomic E-state index is -0.0326. The Morgan fingerprint density at radius 2 is 1.86 bits per heavy atom. The summed E-state index contributed by atoms with van der Waals surface area (Å²) < 4.78 is 11.1. The summed E-state index contributed by atoms with van der Waals surface area (Å²) in [7, 11) is 0. The van der Waals surface area contributed by atoms with Gasteiger partial charge >= 0.3 is 0 Å². The summed E-state index contributed by atoms with van der Waals surface area (Å²) in [5.74, 6) is 2.12. The summed E-state index contributed by atoms with van der Waals surface area (Å²) in [6.07, 6.45) is 3.95. The molecule has 1 aliphatic heterocycles. The third-order valence-corrected chi connectivity index (χ3v) is 4.12. The van der Waals surface area contributed by atoms with Gasteiger partial charge in [-0.15, -0.1) is 0 Å². The Balaban J connectivity index is 1.96. The molecule has 0 aliphatic carbocycles. The second kappa shape index (κ2) is 5.77. The van der Waals surface area contributed by atoms with Crippen LogP contribution in [0.3, 0.4) is 0 Å². The highest BCUT2D eigenvalue weighted by atomic mass is 16.4. The predicted molar refractivity (Wildman–Crippen MR) is 78.2 cm³/mol. The van der Waals surface area contributed by atoms with Gasteiger partial charge in [0.05, 0.1) is 30.3 Å². The van der Waals surface area contributed by atoms with Crippen molar-refractivity contribution in [1.82, 2.24) is 5.32 Å². The first-order valence-electron chi connectivity index (χ1n) is 7.24. The van der Waals surface area contributed by atoms with E-state index in [1.807, 2.05) is 24.3 Å². The van der Waals surface area contributed by atoms with Gasteiger partial charge in [0.15, 0.2) is 0 Å². The van der Waals surface area contributed by atoms with Crippen molar-refractivity contribution in [1.29, 1.82) is 0 Å². The van der Waals surface area contributed by atoms with E-state index in [-0.39, 0.29) is 18.0 Å². The molecular weight excluding hydrogens is 268 g/mol. The Labute approximate surface area is 123 Å². The molecule has 0 radical (unpaired) electrons. The quantitative estimate of drug-likeness (QED) is 0.666. The second-order valence-corrected chi connectivity index (χ2v) is 5.79. The van der Waals surface area contributed by atoms with Crippen LogP contribution in [0.2, 0.25) is 0 Å². The summed E-state index contributed by atoms with van der Waals surface area (Å²) in [5.41, 5.74) is 0.784. The lowest BCUT2D eigenvalue weighted by Crippen LogP contribution is -2.44. The average molecular weight is 288 g/mol. The highest BCUT2D eigenvalue weighted by molar-refractivity contribution is 5.88. The first-order chi connectivity index (χ1) is 10.2. The zero-order valence-electron chi connectivity index (χ0n) is 12.2. The predicted octanol–water partition coefficient (Wildman–Crippen LogP) is 3.75. The van der Waals surface area contributed by atoms with Gasteiger partial charge < -0.3 is 14.0 Å². The zero-order chi connectivity index (χ0) is 14.8. The van der Waals surface area contributed by atoms with E-state index in [0.29, 0.717) is 12.3 Å². The lowest BCUT2D eigenvalue weighted by Gasteiger charge is -2.38. The van der Waals surface area contributed by atoms with Crippen molar-refractivity contribution in [3.05, 3.63) is 48.3 Å². The van der Waals surface area contributed by atoms with Gasteiger partial charge in [0, 0.05) is 12.3 Å². The third kappa shape index (κ3) is 2.61. The molecule has 1 aliphatic rings. The van der Waals surface area contributed by atoms with Crippen molar-refractivity contribution in [2.24, 2.45) is 17.0 Å². The van der Waals surface area contributed by atoms with Crippen LogP contribution in [0, 0.1) is 11.8 Å². The molecule has 2 aromatic rings. The minimum absolute atomic E-state index is 0.0176. The smallest absolute Gasteiger partial charge is 0.121 e. The van der Waals surface area contributed by atoms with Gasteiger partial charge in [-0.1, -0.05) is 19.0 Å². The Bertz CT molecular complexity index is 587. The number of hydrogen-bond donors (Lipinski definition) is 2. The maximum Gasteiger partial charge on any atom is 0.121 e. The molecular formula is C16H20N2O3. The van der Waals surface area contributed by atoms with Gasteiger partial charge in [-0.25, -0.2) is 0 Å². The topological polar surface area (TPSA) is 70.9 Å². The highest BCUT2D eigenvalue weighted by Crippen LogP contribution is 2.39. The largest absolute Gasteiger partial charge is 0.468 e. The van der Waals surface area contributed by atoms with Crippen LogP contribution >= 0.6 is 0 Å². The van der Waals surface area contributed by atoms with E-state index in [4.69, 9.17) is 8.83 Å². The van der Waals surface area contributed by atoms with Gasteiger partial charge in [-0.2, -0.15) is 0 Å². The van der Waals surface area contributed by atoms with E-state index in [1.165, 1.54) is 0 Å². The lowest BCUT2D eigenvalue weighted by molar-refractivity contribution is 0.230. The van der Waals surface area contributed by atoms with Crippen LogP contribution in [0.25, 0.3) is 0 Å². The highest BCUT2D eigenvalue weighted by Gasteiger charge is 2.40. The molecule has 3 rings (SSSR count). The molecule has 0 spiro atoms. The van der Waals surface area contributed by atoms with Crippen molar-refractivity contribution >= 4 is 5.71 Å². The van der Waals surface area contributed by atoms with Crippen LogP contribution in [0.15, 0.2) is 50.8 Å². The van der Waals surface area contributed by atoms with Crippen molar-refractivity contribution in [2.45, 2.75) is 32.4 Å². The van der Waals surface area contributed by atoms with Gasteiger partial charge in [0.2, 0.25) is 0 Å². The molecule has 3 atom stereocenters. The fourth-order valence-corrected chi connectivity index (χ4v) is 3.19. The Hall–Kier alpha value is -2.01. The molecule has 1 fully saturated rings. The summed E-state index contributed by atoms with van der Waals surface area (Å²) in [5, 5.41) is 16.6. The van der Waals surface area contributed by atoms with Gasteiger partial charge in [0.25, 0.3) is 0 Å². The van der Waals surface area contributed by atoms with E-state index in [2.05, 4.69) is 24.3 Å². The number of nitrogens with one attached hydrogen (secondary N) is 1. The minimum Gasteiger partial charge on any atom is -0.468 e. The molecule has 3 unspecified atom stereocenters. The number of furan rings is 2. The lowest BCUT2D eigenvalue weighted by atomic mass is 9.77. The molecule has 5 heteroatoms. The van der Waals surface area contributed by atoms with Crippen LogP contribution in [-0.4, -0.2) is 10.9 Å². The molecule has 0 amide bonds. The molecule has 21 heavy (non-hydrogen) atoms. The van der Waals surface area contributed by atoms with Crippen LogP contribution < -0.4 is 5.32 Å². The second-order valence-electron chi connectivity index (χ2n) is 5.79. The van der Waals surface area contributed by atoms with Crippen LogP contribution in [-0.2, 0) is 0 Å². The SMILES string of the molecule is CC(C)C1/C(=N/O)CC(c2ccco2)NC1c1ccco1. The van der Waals surface area contributed by atoms with Crippen LogP contribution in [0.4, 0.5) is 0 Å². The van der Waals surface area contributed by atoms with Crippen molar-refractivity contribution in [2.75, 3.05) is 0 Å². The summed E-state index contributed by atoms with van der Waals surface area (Å²) in [4.78, 5) is 0. The maximum absolute atomic E-state index is 9.44. The monoisotopic (exact) mass is 288 g/mol. The summed E-state index contributed by atoms with van der Waals surface area (Å²) in [6, 6.07) is 7.57. The van der Waals surface area contributed by atoms with Crippen molar-refractivity contribution < 1.29 is 14.0 Å². The number of oxime groups is 1. The van der Waals surface area contributed by atoms with Gasteiger partial charge in [-0.05, 0) is 30.2 Å². The number of nitrogens with zero attached hydrogens (tertiary/aromatic N) is 1. The maximum atomic E-state index is 9.44. The molecule has 112 valence electrons. The van der Waals surface area contributed by atoms with E-state index < -0.39 is 0 Å². The summed E-state index contributed by atoms with van der Waals surface area (Å²) >= 11 is 0. The van der Waals surface area contributed by atoms with E-state index in [0.717, 1.165) is 17.2 Å². The fourth-order valence-electron chi connectivity index (χ4n) is 3.19. The normalized spacial score (nSPS) is 28.3. The number of piperidine rings is 1. The zero-order valence-corrected chi connectivity index (χ0v) is 12.2. The van der Waals surface area contributed by atoms with E-state index in [9.17, 15) is 5.21 Å². The molecule has 3 heterocycles. The molecule has 0 bridgehead atoms. The molecule has 0 saturated carbocycles. The van der Waals surface area contributed by atoms with Crippen LogP contribution in [0.5, 0.6) is 0 Å². The summed E-state index contributed by atoms with van der Waals surface area (Å²) in [6.45, 7) is 4.25. The Morgan fingerprint density at radius 3 is 2.38 bits per heavy atom. The number of rotatable bonds is 3. The van der Waals surface area contributed by atoms with E-state index >= 15 is 0 Å². The number of hydrogen-bond acceptors (Lipinski definition) is 5. The Kier molecular flexibility index (Phi) is 3.84. The fraction of sp³-hybridized carbons (Fsp3) is 0.438. The molecule has 0 aromatic carbocycles. The van der Waals surface area contributed by atoms with Gasteiger partial charge in [0.1, 0.15) is 11.5 Å². The molecule has 2 N–H and O–H groups in total. The molecule has 1 saturated heterocycles. The first kappa shape index (κ1) is 13.9. The standard InChI is InChI=1S/C16H20N2O3/c1-10(2)15-12(18-19)9-11(13-5-3-7-20-13)17-16(15)14-6-4-8-21-14/h3-8,10-11,15-17,19H,9H2,1-2H3/b18-12+. The van der Waals surface area contributed by atoms with Crippen molar-refractivity contribution in [3.8, 4) is 0 Å². The molecule has 5 nitrogen and oxygen atoms in total. The van der Waals surface area contributed by atoms with Gasteiger partial charge in [-0.3, -0.25) is 5.32 Å². The molecule has 2 aromatic heterocycles. The van der Waals surface area contributed by atoms with Crippen LogP contribution in [0.1, 0.15) is 43.9 Å². The first-order valence-corrected chi connectivity index (χ1v) is 7.24.